The molecule has 192 valence electrons. The summed E-state index contributed by atoms with van der Waals surface area (Å²) in [5, 5.41) is 0. The molecule has 0 saturated heterocycles. The van der Waals surface area contributed by atoms with Crippen LogP contribution in [0.15, 0.2) is 48.5 Å². The van der Waals surface area contributed by atoms with Gasteiger partial charge in [0.1, 0.15) is 11.5 Å². The van der Waals surface area contributed by atoms with Crippen LogP contribution >= 0.6 is 0 Å². The zero-order valence-electron chi connectivity index (χ0n) is 22.3. The highest BCUT2D eigenvalue weighted by atomic mass is 16.5. The van der Waals surface area contributed by atoms with Gasteiger partial charge in [-0.1, -0.05) is 84.3 Å². The standard InChI is InChI=1S/C32H46O3/c1-4-8-26-10-12-27(13-11-26)14-15-28-16-20-31(21-17-28)35-32(33)29-18-22-30(23-19-29)34-24-7-6-9-25(3)5-2/h16-23,25-27H,4-15,24H2,1-3H3/t25-,26?,27?/m0/s1. The summed E-state index contributed by atoms with van der Waals surface area (Å²) < 4.78 is 11.4. The SMILES string of the molecule is CCCC1CCC(CCc2ccc(OC(=O)c3ccc(OCCCC[C@@H](C)CC)cc3)cc2)CC1. The first-order valence-corrected chi connectivity index (χ1v) is 14.1. The average molecular weight is 479 g/mol. The van der Waals surface area contributed by atoms with E-state index < -0.39 is 0 Å². The maximum Gasteiger partial charge on any atom is 0.343 e. The molecule has 1 atom stereocenters. The van der Waals surface area contributed by atoms with Crippen molar-refractivity contribution >= 4 is 5.97 Å². The van der Waals surface area contributed by atoms with Crippen molar-refractivity contribution in [2.75, 3.05) is 6.61 Å². The zero-order chi connectivity index (χ0) is 24.9. The molecule has 3 nitrogen and oxygen atoms in total. The fourth-order valence-electron chi connectivity index (χ4n) is 5.15. The largest absolute Gasteiger partial charge is 0.494 e. The highest BCUT2D eigenvalue weighted by Gasteiger charge is 2.20. The van der Waals surface area contributed by atoms with E-state index in [2.05, 4.69) is 32.9 Å². The number of unbranched alkanes of at least 4 members (excludes halogenated alkanes) is 1. The molecule has 0 amide bonds. The lowest BCUT2D eigenvalue weighted by molar-refractivity contribution is 0.0734. The van der Waals surface area contributed by atoms with Crippen molar-refractivity contribution in [3.63, 3.8) is 0 Å². The third-order valence-electron chi connectivity index (χ3n) is 7.79. The Morgan fingerprint density at radius 2 is 1.49 bits per heavy atom. The number of hydrogen-bond acceptors (Lipinski definition) is 3. The summed E-state index contributed by atoms with van der Waals surface area (Å²) in [6, 6.07) is 15.3. The van der Waals surface area contributed by atoms with Crippen LogP contribution in [-0.4, -0.2) is 12.6 Å². The molecule has 2 aromatic carbocycles. The van der Waals surface area contributed by atoms with Crippen LogP contribution < -0.4 is 9.47 Å². The van der Waals surface area contributed by atoms with E-state index in [1.165, 1.54) is 69.8 Å². The van der Waals surface area contributed by atoms with Gasteiger partial charge in [0.15, 0.2) is 0 Å². The highest BCUT2D eigenvalue weighted by molar-refractivity contribution is 5.91. The Hall–Kier alpha value is -2.29. The highest BCUT2D eigenvalue weighted by Crippen LogP contribution is 2.34. The number of ether oxygens (including phenoxy) is 2. The Morgan fingerprint density at radius 3 is 2.11 bits per heavy atom. The summed E-state index contributed by atoms with van der Waals surface area (Å²) in [7, 11) is 0. The molecule has 1 saturated carbocycles. The minimum absolute atomic E-state index is 0.332. The molecule has 1 fully saturated rings. The number of rotatable bonds is 14. The molecule has 3 heteroatoms. The number of aryl methyl sites for hydroxylation is 1. The second-order valence-electron chi connectivity index (χ2n) is 10.6. The molecule has 3 rings (SSSR count). The topological polar surface area (TPSA) is 35.5 Å². The van der Waals surface area contributed by atoms with Gasteiger partial charge in [0.25, 0.3) is 0 Å². The third kappa shape index (κ3) is 9.70. The summed E-state index contributed by atoms with van der Waals surface area (Å²) in [4.78, 5) is 12.5. The second-order valence-corrected chi connectivity index (χ2v) is 10.6. The van der Waals surface area contributed by atoms with Crippen LogP contribution in [0, 0.1) is 17.8 Å². The van der Waals surface area contributed by atoms with Crippen molar-refractivity contribution < 1.29 is 14.3 Å². The molecule has 0 heterocycles. The van der Waals surface area contributed by atoms with E-state index in [9.17, 15) is 4.79 Å². The average Bonchev–Trinajstić information content (AvgIpc) is 2.89. The van der Waals surface area contributed by atoms with E-state index in [0.29, 0.717) is 17.9 Å². The smallest absolute Gasteiger partial charge is 0.343 e. The summed E-state index contributed by atoms with van der Waals surface area (Å²) >= 11 is 0. The van der Waals surface area contributed by atoms with E-state index in [-0.39, 0.29) is 5.97 Å². The van der Waals surface area contributed by atoms with Gasteiger partial charge in [0, 0.05) is 0 Å². The summed E-state index contributed by atoms with van der Waals surface area (Å²) in [5.41, 5.74) is 1.86. The molecule has 35 heavy (non-hydrogen) atoms. The molecule has 0 N–H and O–H groups in total. The minimum atomic E-state index is -0.332. The van der Waals surface area contributed by atoms with Crippen molar-refractivity contribution in [2.45, 2.75) is 97.8 Å². The molecular formula is C32H46O3. The maximum atomic E-state index is 12.5. The normalized spacial score (nSPS) is 18.7. The van der Waals surface area contributed by atoms with Gasteiger partial charge < -0.3 is 9.47 Å². The van der Waals surface area contributed by atoms with Crippen molar-refractivity contribution in [3.05, 3.63) is 59.7 Å². The fourth-order valence-corrected chi connectivity index (χ4v) is 5.15. The van der Waals surface area contributed by atoms with Gasteiger partial charge in [-0.2, -0.15) is 0 Å². The summed E-state index contributed by atoms with van der Waals surface area (Å²) in [6.07, 6.45) is 15.5. The Kier molecular flexibility index (Phi) is 11.7. The van der Waals surface area contributed by atoms with Crippen LogP contribution in [0.25, 0.3) is 0 Å². The molecule has 0 bridgehead atoms. The predicted molar refractivity (Wildman–Crippen MR) is 145 cm³/mol. The van der Waals surface area contributed by atoms with Crippen molar-refractivity contribution in [1.29, 1.82) is 0 Å². The van der Waals surface area contributed by atoms with Gasteiger partial charge >= 0.3 is 5.97 Å². The van der Waals surface area contributed by atoms with Gasteiger partial charge in [-0.05, 0) is 85.4 Å². The van der Waals surface area contributed by atoms with E-state index in [0.717, 1.165) is 36.3 Å². The number of benzene rings is 2. The molecule has 0 radical (unpaired) electrons. The first kappa shape index (κ1) is 27.3. The molecule has 0 unspecified atom stereocenters. The van der Waals surface area contributed by atoms with Crippen molar-refractivity contribution in [1.82, 2.24) is 0 Å². The van der Waals surface area contributed by atoms with Gasteiger partial charge in [-0.15, -0.1) is 0 Å². The number of esters is 1. The van der Waals surface area contributed by atoms with Gasteiger partial charge in [0.05, 0.1) is 12.2 Å². The van der Waals surface area contributed by atoms with Crippen LogP contribution in [-0.2, 0) is 6.42 Å². The molecule has 1 aliphatic rings. The van der Waals surface area contributed by atoms with Gasteiger partial charge in [-0.3, -0.25) is 0 Å². The van der Waals surface area contributed by atoms with E-state index >= 15 is 0 Å². The van der Waals surface area contributed by atoms with Gasteiger partial charge in [0.2, 0.25) is 0 Å². The predicted octanol–water partition coefficient (Wildman–Crippen LogP) is 9.04. The second kappa shape index (κ2) is 15.0. The Bertz CT molecular complexity index is 847. The first-order valence-electron chi connectivity index (χ1n) is 14.1. The van der Waals surface area contributed by atoms with E-state index in [1.807, 2.05) is 24.3 Å². The third-order valence-corrected chi connectivity index (χ3v) is 7.79. The Morgan fingerprint density at radius 1 is 0.857 bits per heavy atom. The minimum Gasteiger partial charge on any atom is -0.494 e. The molecular weight excluding hydrogens is 432 g/mol. The van der Waals surface area contributed by atoms with Crippen LogP contribution in [0.2, 0.25) is 0 Å². The molecule has 0 aromatic heterocycles. The van der Waals surface area contributed by atoms with Crippen LogP contribution in [0.3, 0.4) is 0 Å². The number of hydrogen-bond donors (Lipinski definition) is 0. The lowest BCUT2D eigenvalue weighted by Crippen LogP contribution is -2.15. The van der Waals surface area contributed by atoms with Gasteiger partial charge in [-0.25, -0.2) is 4.79 Å². The first-order chi connectivity index (χ1) is 17.1. The molecule has 2 aromatic rings. The molecule has 0 aliphatic heterocycles. The zero-order valence-corrected chi connectivity index (χ0v) is 22.3. The van der Waals surface area contributed by atoms with E-state index in [1.54, 1.807) is 12.1 Å². The number of carbonyl (C=O) groups excluding carboxylic acids is 1. The van der Waals surface area contributed by atoms with E-state index in [4.69, 9.17) is 9.47 Å². The lowest BCUT2D eigenvalue weighted by atomic mass is 9.78. The molecule has 1 aliphatic carbocycles. The number of carbonyl (C=O) groups is 1. The Balaban J connectivity index is 1.36. The molecule has 0 spiro atoms. The van der Waals surface area contributed by atoms with Crippen molar-refractivity contribution in [2.24, 2.45) is 17.8 Å². The quantitative estimate of drug-likeness (QED) is 0.154. The Labute approximate surface area is 213 Å². The summed E-state index contributed by atoms with van der Waals surface area (Å²) in [6.45, 7) is 7.55. The summed E-state index contributed by atoms with van der Waals surface area (Å²) in [5.74, 6) is 3.70. The maximum absolute atomic E-state index is 12.5. The van der Waals surface area contributed by atoms with Crippen LogP contribution in [0.5, 0.6) is 11.5 Å². The lowest BCUT2D eigenvalue weighted by Gasteiger charge is -2.28. The van der Waals surface area contributed by atoms with Crippen LogP contribution in [0.4, 0.5) is 0 Å². The van der Waals surface area contributed by atoms with Crippen LogP contribution in [0.1, 0.15) is 107 Å². The van der Waals surface area contributed by atoms with Crippen molar-refractivity contribution in [3.8, 4) is 11.5 Å². The fraction of sp³-hybridized carbons (Fsp3) is 0.594. The monoisotopic (exact) mass is 478 g/mol.